The maximum absolute atomic E-state index is 12.0. The summed E-state index contributed by atoms with van der Waals surface area (Å²) in [6, 6.07) is 30.6. The molecule has 0 spiro atoms. The van der Waals surface area contributed by atoms with E-state index in [1.54, 1.807) is 6.92 Å². The molecule has 2 aliphatic rings. The topological polar surface area (TPSA) is 146 Å². The molecule has 0 unspecified atom stereocenters. The quantitative estimate of drug-likeness (QED) is 0.238. The van der Waals surface area contributed by atoms with Crippen LogP contribution in [-0.4, -0.2) is 55.9 Å². The summed E-state index contributed by atoms with van der Waals surface area (Å²) in [4.78, 5) is 46.1. The number of benzene rings is 4. The fraction of sp³-hybridized carbons (Fsp3) is 0.263. The highest BCUT2D eigenvalue weighted by atomic mass is 16.6. The molecule has 0 radical (unpaired) electrons. The minimum Gasteiger partial charge on any atom is -0.548 e. The van der Waals surface area contributed by atoms with E-state index >= 15 is 0 Å². The van der Waals surface area contributed by atoms with Crippen molar-refractivity contribution in [2.24, 2.45) is 0 Å². The molecule has 0 saturated carbocycles. The molecule has 10 heteroatoms. The standard InChI is InChI=1S/C20H22N2O3.C18H17NO4/c1-3-21-19(23)13(2)22-20(24)25-12-18-16-10-6-4-8-14(16)15-9-5-7-11-17(15)18;1-11(17(20)21)19-18(22)23-10-16-14-8-4-2-6-12(14)13-7-3-5-9-15(13)16/h4-11,13,18H,3,12H2,1-2H3,(H,21,23)(H,22,24);2-9,11,16H,10H2,1H3,(H,19,22)(H,20,21)/p-1/t13-;11-/m10/s1. The van der Waals surface area contributed by atoms with Gasteiger partial charge < -0.3 is 35.3 Å². The Hall–Kier alpha value is -5.64. The second-order valence-corrected chi connectivity index (χ2v) is 11.6. The fourth-order valence-corrected chi connectivity index (χ4v) is 6.09. The van der Waals surface area contributed by atoms with E-state index in [-0.39, 0.29) is 31.0 Å². The van der Waals surface area contributed by atoms with E-state index in [9.17, 15) is 24.3 Å². The summed E-state index contributed by atoms with van der Waals surface area (Å²) >= 11 is 0. The van der Waals surface area contributed by atoms with Crippen LogP contribution in [0.15, 0.2) is 97.1 Å². The van der Waals surface area contributed by atoms with Gasteiger partial charge in [-0.05, 0) is 65.3 Å². The number of carbonyl (C=O) groups is 4. The molecule has 0 saturated heterocycles. The van der Waals surface area contributed by atoms with Crippen molar-refractivity contribution in [1.29, 1.82) is 0 Å². The first kappa shape index (κ1) is 33.7. The minimum absolute atomic E-state index is 0.0120. The van der Waals surface area contributed by atoms with E-state index in [0.717, 1.165) is 33.4 Å². The molecule has 0 heterocycles. The Labute approximate surface area is 279 Å². The van der Waals surface area contributed by atoms with Crippen molar-refractivity contribution in [3.8, 4) is 22.3 Å². The summed E-state index contributed by atoms with van der Waals surface area (Å²) < 4.78 is 10.6. The van der Waals surface area contributed by atoms with Crippen LogP contribution in [0.4, 0.5) is 9.59 Å². The van der Waals surface area contributed by atoms with Gasteiger partial charge >= 0.3 is 12.2 Å². The van der Waals surface area contributed by atoms with Crippen molar-refractivity contribution >= 4 is 24.1 Å². The molecule has 3 N–H and O–H groups in total. The average Bonchev–Trinajstić information content (AvgIpc) is 3.59. The van der Waals surface area contributed by atoms with Crippen molar-refractivity contribution in [3.63, 3.8) is 0 Å². The number of ether oxygens (including phenoxy) is 2. The van der Waals surface area contributed by atoms with Gasteiger partial charge in [-0.15, -0.1) is 0 Å². The molecular formula is C38H38N3O7-. The number of carbonyl (C=O) groups excluding carboxylic acids is 4. The predicted molar refractivity (Wildman–Crippen MR) is 179 cm³/mol. The van der Waals surface area contributed by atoms with Crippen LogP contribution in [0, 0.1) is 0 Å². The highest BCUT2D eigenvalue weighted by Gasteiger charge is 2.30. The van der Waals surface area contributed by atoms with Crippen LogP contribution in [0.25, 0.3) is 22.3 Å². The maximum Gasteiger partial charge on any atom is 0.407 e. The van der Waals surface area contributed by atoms with Crippen LogP contribution in [0.1, 0.15) is 54.9 Å². The van der Waals surface area contributed by atoms with Crippen LogP contribution in [0.2, 0.25) is 0 Å². The van der Waals surface area contributed by atoms with Gasteiger partial charge in [0.15, 0.2) is 0 Å². The number of carboxylic acids is 1. The third-order valence-electron chi connectivity index (χ3n) is 8.45. The fourth-order valence-electron chi connectivity index (χ4n) is 6.09. The van der Waals surface area contributed by atoms with Gasteiger partial charge in [-0.25, -0.2) is 9.59 Å². The summed E-state index contributed by atoms with van der Waals surface area (Å²) in [5.74, 6) is -1.61. The maximum atomic E-state index is 12.0. The number of rotatable bonds is 9. The van der Waals surface area contributed by atoms with E-state index < -0.39 is 30.2 Å². The Morgan fingerprint density at radius 2 is 0.938 bits per heavy atom. The Balaban J connectivity index is 0.000000188. The Morgan fingerprint density at radius 1 is 0.604 bits per heavy atom. The van der Waals surface area contributed by atoms with Crippen LogP contribution >= 0.6 is 0 Å². The van der Waals surface area contributed by atoms with E-state index in [4.69, 9.17) is 9.47 Å². The number of alkyl carbamates (subject to hydrolysis) is 2. The van der Waals surface area contributed by atoms with Gasteiger partial charge in [0, 0.05) is 18.4 Å². The second-order valence-electron chi connectivity index (χ2n) is 11.6. The van der Waals surface area contributed by atoms with Gasteiger partial charge in [-0.3, -0.25) is 4.79 Å². The minimum atomic E-state index is -1.35. The summed E-state index contributed by atoms with van der Waals surface area (Å²) in [6.07, 6.45) is -1.34. The Morgan fingerprint density at radius 3 is 1.27 bits per heavy atom. The lowest BCUT2D eigenvalue weighted by atomic mass is 9.98. The molecule has 0 fully saturated rings. The summed E-state index contributed by atoms with van der Waals surface area (Å²) in [5, 5.41) is 18.1. The number of amides is 3. The number of aliphatic carboxylic acids is 1. The van der Waals surface area contributed by atoms with Crippen molar-refractivity contribution in [2.45, 2.75) is 44.7 Å². The lowest BCUT2D eigenvalue weighted by Gasteiger charge is -2.17. The number of likely N-dealkylation sites (N-methyl/N-ethyl adjacent to an activating group) is 1. The van der Waals surface area contributed by atoms with E-state index in [0.29, 0.717) is 6.54 Å². The highest BCUT2D eigenvalue weighted by molar-refractivity contribution is 5.85. The average molecular weight is 649 g/mol. The summed E-state index contributed by atoms with van der Waals surface area (Å²) in [7, 11) is 0. The van der Waals surface area contributed by atoms with Gasteiger partial charge in [0.25, 0.3) is 0 Å². The molecule has 248 valence electrons. The van der Waals surface area contributed by atoms with E-state index in [1.807, 2.05) is 79.7 Å². The lowest BCUT2D eigenvalue weighted by Crippen LogP contribution is -2.46. The van der Waals surface area contributed by atoms with Crippen LogP contribution in [0.5, 0.6) is 0 Å². The van der Waals surface area contributed by atoms with Crippen molar-refractivity contribution < 1.29 is 33.8 Å². The molecule has 4 aromatic carbocycles. The first-order valence-electron chi connectivity index (χ1n) is 15.9. The summed E-state index contributed by atoms with van der Waals surface area (Å²) in [5.41, 5.74) is 9.18. The van der Waals surface area contributed by atoms with Crippen molar-refractivity contribution in [3.05, 3.63) is 119 Å². The molecule has 2 aliphatic carbocycles. The van der Waals surface area contributed by atoms with Crippen LogP contribution < -0.4 is 21.1 Å². The molecule has 48 heavy (non-hydrogen) atoms. The first-order chi connectivity index (χ1) is 23.2. The van der Waals surface area contributed by atoms with Crippen LogP contribution in [-0.2, 0) is 19.1 Å². The zero-order valence-electron chi connectivity index (χ0n) is 27.0. The molecule has 4 aromatic rings. The third kappa shape index (κ3) is 7.49. The molecule has 3 amide bonds. The third-order valence-corrected chi connectivity index (χ3v) is 8.45. The zero-order valence-corrected chi connectivity index (χ0v) is 27.0. The normalized spacial score (nSPS) is 13.6. The number of hydrogen-bond acceptors (Lipinski definition) is 7. The largest absolute Gasteiger partial charge is 0.548 e. The Bertz CT molecular complexity index is 1720. The zero-order chi connectivity index (χ0) is 34.2. The van der Waals surface area contributed by atoms with Gasteiger partial charge in [0.1, 0.15) is 19.3 Å². The smallest absolute Gasteiger partial charge is 0.407 e. The highest BCUT2D eigenvalue weighted by Crippen LogP contribution is 2.45. The van der Waals surface area contributed by atoms with Gasteiger partial charge in [0.2, 0.25) is 5.91 Å². The molecule has 0 aliphatic heterocycles. The van der Waals surface area contributed by atoms with Crippen molar-refractivity contribution in [2.75, 3.05) is 19.8 Å². The first-order valence-corrected chi connectivity index (χ1v) is 15.9. The molecule has 10 nitrogen and oxygen atoms in total. The molecule has 0 bridgehead atoms. The number of carboxylic acid groups (broad SMARTS) is 1. The second kappa shape index (κ2) is 15.3. The number of hydrogen-bond donors (Lipinski definition) is 3. The van der Waals surface area contributed by atoms with Crippen molar-refractivity contribution in [1.82, 2.24) is 16.0 Å². The number of fused-ring (bicyclic) bond motifs is 6. The van der Waals surface area contributed by atoms with E-state index in [1.165, 1.54) is 18.1 Å². The van der Waals surface area contributed by atoms with Gasteiger partial charge in [-0.2, -0.15) is 0 Å². The van der Waals surface area contributed by atoms with E-state index in [2.05, 4.69) is 40.2 Å². The summed E-state index contributed by atoms with van der Waals surface area (Å²) in [6.45, 7) is 5.71. The van der Waals surface area contributed by atoms with Gasteiger partial charge in [-0.1, -0.05) is 97.1 Å². The van der Waals surface area contributed by atoms with Crippen LogP contribution in [0.3, 0.4) is 0 Å². The van der Waals surface area contributed by atoms with Gasteiger partial charge in [0.05, 0.1) is 12.0 Å². The molecule has 0 aromatic heterocycles. The lowest BCUT2D eigenvalue weighted by molar-refractivity contribution is -0.307. The SMILES string of the molecule is CCNC(=O)[C@@H](C)NC(=O)OCC1c2ccccc2-c2ccccc21.C[C@H](NC(=O)OCC1c2ccccc2-c2ccccc21)C(=O)[O-]. The monoisotopic (exact) mass is 648 g/mol. The Kier molecular flexibility index (Phi) is 10.7. The molecule has 6 rings (SSSR count). The number of nitrogens with one attached hydrogen (secondary N) is 3. The predicted octanol–water partition coefficient (Wildman–Crippen LogP) is 4.71. The molecular weight excluding hydrogens is 610 g/mol. The molecule has 2 atom stereocenters.